The summed E-state index contributed by atoms with van der Waals surface area (Å²) in [6.45, 7) is 1.97. The van der Waals surface area contributed by atoms with Crippen LogP contribution in [0.2, 0.25) is 0 Å². The molecule has 0 fully saturated rings. The largest absolute Gasteiger partial charge is 0.496 e. The molecule has 17 heavy (non-hydrogen) atoms. The Labute approximate surface area is 109 Å². The third-order valence-electron chi connectivity index (χ3n) is 2.46. The molecule has 90 valence electrons. The Hall–Kier alpha value is -1.49. The van der Waals surface area contributed by atoms with Crippen LogP contribution < -0.4 is 10.1 Å². The average Bonchev–Trinajstić information content (AvgIpc) is 2.70. The van der Waals surface area contributed by atoms with Gasteiger partial charge in [-0.1, -0.05) is 0 Å². The zero-order chi connectivity index (χ0) is 12.4. The Bertz CT molecular complexity index is 537. The van der Waals surface area contributed by atoms with Gasteiger partial charge in [-0.25, -0.2) is 4.98 Å². The highest BCUT2D eigenvalue weighted by molar-refractivity contribution is 9.10. The molecule has 2 aromatic rings. The lowest BCUT2D eigenvalue weighted by atomic mass is 10.3. The second-order valence-corrected chi connectivity index (χ2v) is 4.50. The summed E-state index contributed by atoms with van der Waals surface area (Å²) in [5.74, 6) is 1.64. The third kappa shape index (κ3) is 2.29. The van der Waals surface area contributed by atoms with Gasteiger partial charge in [0, 0.05) is 18.9 Å². The molecule has 0 atom stereocenters. The van der Waals surface area contributed by atoms with E-state index in [1.807, 2.05) is 42.9 Å². The molecule has 1 heterocycles. The summed E-state index contributed by atoms with van der Waals surface area (Å²) >= 11 is 3.48. The number of rotatable bonds is 3. The van der Waals surface area contributed by atoms with Gasteiger partial charge in [0.05, 0.1) is 17.3 Å². The van der Waals surface area contributed by atoms with E-state index in [0.717, 1.165) is 27.6 Å². The fourth-order valence-electron chi connectivity index (χ4n) is 1.68. The van der Waals surface area contributed by atoms with E-state index in [1.54, 1.807) is 7.11 Å². The van der Waals surface area contributed by atoms with Crippen LogP contribution in [0, 0.1) is 6.92 Å². The predicted molar refractivity (Wildman–Crippen MR) is 72.1 cm³/mol. The van der Waals surface area contributed by atoms with Crippen LogP contribution >= 0.6 is 15.9 Å². The van der Waals surface area contributed by atoms with Crippen molar-refractivity contribution in [1.29, 1.82) is 0 Å². The third-order valence-corrected chi connectivity index (χ3v) is 3.08. The molecule has 2 rings (SSSR count). The first-order chi connectivity index (χ1) is 8.15. The maximum Gasteiger partial charge on any atom is 0.207 e. The van der Waals surface area contributed by atoms with Crippen molar-refractivity contribution in [2.75, 3.05) is 19.5 Å². The number of nitrogens with one attached hydrogen (secondary N) is 1. The van der Waals surface area contributed by atoms with Gasteiger partial charge in [0.2, 0.25) is 5.95 Å². The van der Waals surface area contributed by atoms with Crippen LogP contribution in [-0.2, 0) is 0 Å². The summed E-state index contributed by atoms with van der Waals surface area (Å²) in [7, 11) is 3.51. The maximum absolute atomic E-state index is 5.21. The Morgan fingerprint density at radius 3 is 2.76 bits per heavy atom. The molecule has 0 aliphatic rings. The van der Waals surface area contributed by atoms with Gasteiger partial charge < -0.3 is 10.1 Å². The minimum Gasteiger partial charge on any atom is -0.496 e. The summed E-state index contributed by atoms with van der Waals surface area (Å²) in [5.41, 5.74) is 2.00. The Morgan fingerprint density at radius 2 is 2.18 bits per heavy atom. The van der Waals surface area contributed by atoms with Crippen LogP contribution in [0.1, 0.15) is 5.69 Å². The number of benzene rings is 1. The van der Waals surface area contributed by atoms with Crippen molar-refractivity contribution in [2.45, 2.75) is 6.92 Å². The minimum atomic E-state index is 0.816. The molecule has 1 N–H and O–H groups in total. The first-order valence-electron chi connectivity index (χ1n) is 5.23. The molecule has 1 aromatic heterocycles. The van der Waals surface area contributed by atoms with Gasteiger partial charge in [0.15, 0.2) is 0 Å². The standard InChI is InChI=1S/C12H14BrN3O/c1-8-7-16(12(14-2)15-8)9-4-5-11(17-3)10(13)6-9/h4-7H,1-3H3,(H,14,15). The lowest BCUT2D eigenvalue weighted by Crippen LogP contribution is -2.00. The molecule has 1 aromatic carbocycles. The van der Waals surface area contributed by atoms with Crippen molar-refractivity contribution in [2.24, 2.45) is 0 Å². The number of halogens is 1. The lowest BCUT2D eigenvalue weighted by Gasteiger charge is -2.09. The zero-order valence-corrected chi connectivity index (χ0v) is 11.6. The summed E-state index contributed by atoms with van der Waals surface area (Å²) in [6, 6.07) is 5.92. The molecule has 0 unspecified atom stereocenters. The number of aromatic nitrogens is 2. The molecule has 0 bridgehead atoms. The van der Waals surface area contributed by atoms with Gasteiger partial charge in [-0.3, -0.25) is 4.57 Å². The van der Waals surface area contributed by atoms with E-state index < -0.39 is 0 Å². The highest BCUT2D eigenvalue weighted by Gasteiger charge is 2.08. The van der Waals surface area contributed by atoms with Crippen LogP contribution in [0.5, 0.6) is 5.75 Å². The molecule has 0 radical (unpaired) electrons. The molecule has 0 saturated heterocycles. The summed E-state index contributed by atoms with van der Waals surface area (Å²) in [5, 5.41) is 3.07. The number of nitrogens with zero attached hydrogens (tertiary/aromatic N) is 2. The van der Waals surface area contributed by atoms with Gasteiger partial charge in [0.25, 0.3) is 0 Å². The highest BCUT2D eigenvalue weighted by atomic mass is 79.9. The minimum absolute atomic E-state index is 0.816. The summed E-state index contributed by atoms with van der Waals surface area (Å²) in [6.07, 6.45) is 1.99. The molecule has 4 nitrogen and oxygen atoms in total. The second-order valence-electron chi connectivity index (χ2n) is 3.64. The van der Waals surface area contributed by atoms with E-state index >= 15 is 0 Å². The molecule has 0 spiro atoms. The van der Waals surface area contributed by atoms with Crippen molar-refractivity contribution in [3.8, 4) is 11.4 Å². The lowest BCUT2D eigenvalue weighted by molar-refractivity contribution is 0.412. The summed E-state index contributed by atoms with van der Waals surface area (Å²) < 4.78 is 8.13. The monoisotopic (exact) mass is 295 g/mol. The van der Waals surface area contributed by atoms with Crippen LogP contribution in [0.25, 0.3) is 5.69 Å². The first kappa shape index (κ1) is 12.0. The smallest absolute Gasteiger partial charge is 0.207 e. The number of anilines is 1. The topological polar surface area (TPSA) is 39.1 Å². The highest BCUT2D eigenvalue weighted by Crippen LogP contribution is 2.28. The summed E-state index contributed by atoms with van der Waals surface area (Å²) in [4.78, 5) is 4.38. The quantitative estimate of drug-likeness (QED) is 0.946. The number of aryl methyl sites for hydroxylation is 1. The fraction of sp³-hybridized carbons (Fsp3) is 0.250. The second kappa shape index (κ2) is 4.79. The molecule has 0 aliphatic carbocycles. The van der Waals surface area contributed by atoms with Gasteiger partial charge in [0.1, 0.15) is 5.75 Å². The number of imidazole rings is 1. The van der Waals surface area contributed by atoms with Crippen LogP contribution in [0.15, 0.2) is 28.9 Å². The van der Waals surface area contributed by atoms with E-state index in [9.17, 15) is 0 Å². The number of hydrogen-bond donors (Lipinski definition) is 1. The number of ether oxygens (including phenoxy) is 1. The predicted octanol–water partition coefficient (Wildman–Crippen LogP) is 2.99. The van der Waals surface area contributed by atoms with Gasteiger partial charge in [-0.05, 0) is 41.1 Å². The van der Waals surface area contributed by atoms with Crippen molar-refractivity contribution in [1.82, 2.24) is 9.55 Å². The Balaban J connectivity index is 2.49. The normalized spacial score (nSPS) is 10.4. The average molecular weight is 296 g/mol. The molecule has 5 heteroatoms. The SMILES string of the molecule is CNc1nc(C)cn1-c1ccc(OC)c(Br)c1. The first-order valence-corrected chi connectivity index (χ1v) is 6.02. The van der Waals surface area contributed by atoms with Crippen molar-refractivity contribution < 1.29 is 4.74 Å². The number of hydrogen-bond acceptors (Lipinski definition) is 3. The van der Waals surface area contributed by atoms with Crippen molar-refractivity contribution in [3.63, 3.8) is 0 Å². The van der Waals surface area contributed by atoms with Crippen molar-refractivity contribution in [3.05, 3.63) is 34.6 Å². The molecular weight excluding hydrogens is 282 g/mol. The van der Waals surface area contributed by atoms with E-state index in [-0.39, 0.29) is 0 Å². The van der Waals surface area contributed by atoms with Gasteiger partial charge in [-0.15, -0.1) is 0 Å². The maximum atomic E-state index is 5.21. The zero-order valence-electron chi connectivity index (χ0n) is 9.99. The van der Waals surface area contributed by atoms with Crippen LogP contribution in [-0.4, -0.2) is 23.7 Å². The van der Waals surface area contributed by atoms with Crippen LogP contribution in [0.4, 0.5) is 5.95 Å². The van der Waals surface area contributed by atoms with Gasteiger partial charge >= 0.3 is 0 Å². The van der Waals surface area contributed by atoms with E-state index in [2.05, 4.69) is 26.2 Å². The molecule has 0 aliphatic heterocycles. The van der Waals surface area contributed by atoms with Crippen molar-refractivity contribution >= 4 is 21.9 Å². The number of methoxy groups -OCH3 is 1. The molecular formula is C12H14BrN3O. The van der Waals surface area contributed by atoms with E-state index in [1.165, 1.54) is 0 Å². The van der Waals surface area contributed by atoms with Gasteiger partial charge in [-0.2, -0.15) is 0 Å². The van der Waals surface area contributed by atoms with E-state index in [0.29, 0.717) is 0 Å². The Kier molecular flexibility index (Phi) is 3.38. The fourth-order valence-corrected chi connectivity index (χ4v) is 2.20. The van der Waals surface area contributed by atoms with E-state index in [4.69, 9.17) is 4.74 Å². The Morgan fingerprint density at radius 1 is 1.41 bits per heavy atom. The van der Waals surface area contributed by atoms with Crippen LogP contribution in [0.3, 0.4) is 0 Å². The molecule has 0 saturated carbocycles. The molecule has 0 amide bonds.